The van der Waals surface area contributed by atoms with Crippen LogP contribution in [0.1, 0.15) is 33.6 Å². The zero-order valence-electron chi connectivity index (χ0n) is 7.04. The summed E-state index contributed by atoms with van der Waals surface area (Å²) < 4.78 is 0. The van der Waals surface area contributed by atoms with E-state index in [0.717, 1.165) is 6.42 Å². The normalized spacial score (nSPS) is 17.4. The van der Waals surface area contributed by atoms with Gasteiger partial charge < -0.3 is 10.2 Å². The molecular formula is C8H18O2. The van der Waals surface area contributed by atoms with Crippen LogP contribution < -0.4 is 0 Å². The lowest BCUT2D eigenvalue weighted by atomic mass is 10.0. The molecule has 0 saturated carbocycles. The Morgan fingerprint density at radius 1 is 1.20 bits per heavy atom. The molecule has 2 unspecified atom stereocenters. The SMILES string of the molecule is CCC(O)CC(O)C(C)C. The molecule has 2 nitrogen and oxygen atoms in total. The van der Waals surface area contributed by atoms with E-state index in [4.69, 9.17) is 5.11 Å². The molecule has 0 aliphatic heterocycles. The van der Waals surface area contributed by atoms with Gasteiger partial charge in [0.05, 0.1) is 12.2 Å². The zero-order valence-corrected chi connectivity index (χ0v) is 7.04. The second-order valence-electron chi connectivity index (χ2n) is 3.11. The molecule has 10 heavy (non-hydrogen) atoms. The summed E-state index contributed by atoms with van der Waals surface area (Å²) in [6, 6.07) is 0. The molecule has 0 radical (unpaired) electrons. The molecule has 2 N–H and O–H groups in total. The minimum Gasteiger partial charge on any atom is -0.393 e. The van der Waals surface area contributed by atoms with Gasteiger partial charge in [0.15, 0.2) is 0 Å². The van der Waals surface area contributed by atoms with Gasteiger partial charge in [-0.1, -0.05) is 20.8 Å². The maximum Gasteiger partial charge on any atom is 0.0587 e. The van der Waals surface area contributed by atoms with Gasteiger partial charge in [-0.2, -0.15) is 0 Å². The van der Waals surface area contributed by atoms with Gasteiger partial charge in [0.25, 0.3) is 0 Å². The second kappa shape index (κ2) is 4.69. The summed E-state index contributed by atoms with van der Waals surface area (Å²) >= 11 is 0. The fourth-order valence-electron chi connectivity index (χ4n) is 0.718. The third-order valence-corrected chi connectivity index (χ3v) is 1.75. The predicted octanol–water partition coefficient (Wildman–Crippen LogP) is 1.16. The van der Waals surface area contributed by atoms with Crippen LogP contribution in [0.5, 0.6) is 0 Å². The summed E-state index contributed by atoms with van der Waals surface area (Å²) in [5.74, 6) is 0.251. The maximum absolute atomic E-state index is 9.27. The van der Waals surface area contributed by atoms with Crippen LogP contribution >= 0.6 is 0 Å². The summed E-state index contributed by atoms with van der Waals surface area (Å²) in [5.41, 5.74) is 0. The van der Waals surface area contributed by atoms with Gasteiger partial charge in [0.2, 0.25) is 0 Å². The topological polar surface area (TPSA) is 40.5 Å². The van der Waals surface area contributed by atoms with Gasteiger partial charge in [-0.3, -0.25) is 0 Å². The average Bonchev–Trinajstić information content (AvgIpc) is 1.87. The lowest BCUT2D eigenvalue weighted by molar-refractivity contribution is 0.0521. The van der Waals surface area contributed by atoms with Gasteiger partial charge in [-0.25, -0.2) is 0 Å². The zero-order chi connectivity index (χ0) is 8.15. The quantitative estimate of drug-likeness (QED) is 0.625. The Kier molecular flexibility index (Phi) is 4.65. The Balaban J connectivity index is 3.46. The Hall–Kier alpha value is -0.0800. The minimum atomic E-state index is -0.352. The van der Waals surface area contributed by atoms with Crippen molar-refractivity contribution >= 4 is 0 Å². The molecule has 0 aromatic carbocycles. The van der Waals surface area contributed by atoms with Crippen LogP contribution in [-0.2, 0) is 0 Å². The van der Waals surface area contributed by atoms with Crippen molar-refractivity contribution in [2.45, 2.75) is 45.8 Å². The number of aliphatic hydroxyl groups excluding tert-OH is 2. The average molecular weight is 146 g/mol. The predicted molar refractivity (Wildman–Crippen MR) is 41.8 cm³/mol. The van der Waals surface area contributed by atoms with Crippen molar-refractivity contribution in [1.82, 2.24) is 0 Å². The number of rotatable bonds is 4. The van der Waals surface area contributed by atoms with Crippen molar-refractivity contribution in [3.8, 4) is 0 Å². The van der Waals surface area contributed by atoms with Crippen molar-refractivity contribution in [2.24, 2.45) is 5.92 Å². The van der Waals surface area contributed by atoms with Crippen LogP contribution in [0.3, 0.4) is 0 Å². The van der Waals surface area contributed by atoms with E-state index in [-0.39, 0.29) is 18.1 Å². The van der Waals surface area contributed by atoms with Gasteiger partial charge in [-0.05, 0) is 18.8 Å². The summed E-state index contributed by atoms with van der Waals surface area (Å²) in [6.07, 6.45) is 0.546. The number of hydrogen-bond acceptors (Lipinski definition) is 2. The Morgan fingerprint density at radius 2 is 1.70 bits per heavy atom. The van der Waals surface area contributed by atoms with E-state index in [1.54, 1.807) is 0 Å². The molecule has 0 aromatic rings. The standard InChI is InChI=1S/C8H18O2/c1-4-7(9)5-8(10)6(2)3/h6-10H,4-5H2,1-3H3. The van der Waals surface area contributed by atoms with E-state index in [2.05, 4.69) is 0 Å². The lowest BCUT2D eigenvalue weighted by Gasteiger charge is -2.16. The first-order chi connectivity index (χ1) is 4.57. The van der Waals surface area contributed by atoms with Crippen molar-refractivity contribution in [1.29, 1.82) is 0 Å². The van der Waals surface area contributed by atoms with Gasteiger partial charge in [0, 0.05) is 0 Å². The maximum atomic E-state index is 9.27. The highest BCUT2D eigenvalue weighted by atomic mass is 16.3. The summed E-state index contributed by atoms with van der Waals surface area (Å²) in [5, 5.41) is 18.4. The highest BCUT2D eigenvalue weighted by Gasteiger charge is 2.12. The lowest BCUT2D eigenvalue weighted by Crippen LogP contribution is -2.21. The fraction of sp³-hybridized carbons (Fsp3) is 1.00. The van der Waals surface area contributed by atoms with Gasteiger partial charge in [-0.15, -0.1) is 0 Å². The van der Waals surface area contributed by atoms with Crippen LogP contribution in [-0.4, -0.2) is 22.4 Å². The van der Waals surface area contributed by atoms with Crippen molar-refractivity contribution in [2.75, 3.05) is 0 Å². The summed E-state index contributed by atoms with van der Waals surface area (Å²) in [6.45, 7) is 5.82. The first kappa shape index (κ1) is 9.92. The number of aliphatic hydroxyl groups is 2. The Labute approximate surface area is 62.9 Å². The first-order valence-electron chi connectivity index (χ1n) is 3.94. The molecule has 0 heterocycles. The second-order valence-corrected chi connectivity index (χ2v) is 3.11. The smallest absolute Gasteiger partial charge is 0.0587 e. The molecule has 0 bridgehead atoms. The van der Waals surface area contributed by atoms with Crippen molar-refractivity contribution in [3.63, 3.8) is 0 Å². The molecule has 62 valence electrons. The van der Waals surface area contributed by atoms with Crippen LogP contribution in [0.4, 0.5) is 0 Å². The molecule has 0 amide bonds. The van der Waals surface area contributed by atoms with E-state index in [1.165, 1.54) is 0 Å². The molecule has 0 spiro atoms. The van der Waals surface area contributed by atoms with Crippen LogP contribution in [0.15, 0.2) is 0 Å². The van der Waals surface area contributed by atoms with E-state index >= 15 is 0 Å². The fourth-order valence-corrected chi connectivity index (χ4v) is 0.718. The largest absolute Gasteiger partial charge is 0.393 e. The molecule has 2 heteroatoms. The molecule has 2 atom stereocenters. The summed E-state index contributed by atoms with van der Waals surface area (Å²) in [7, 11) is 0. The molecule has 0 fully saturated rings. The third-order valence-electron chi connectivity index (χ3n) is 1.75. The van der Waals surface area contributed by atoms with E-state index in [0.29, 0.717) is 6.42 Å². The highest BCUT2D eigenvalue weighted by molar-refractivity contribution is 4.64. The van der Waals surface area contributed by atoms with E-state index in [1.807, 2.05) is 20.8 Å². The monoisotopic (exact) mass is 146 g/mol. The summed E-state index contributed by atoms with van der Waals surface area (Å²) in [4.78, 5) is 0. The van der Waals surface area contributed by atoms with Gasteiger partial charge >= 0.3 is 0 Å². The number of hydrogen-bond donors (Lipinski definition) is 2. The molecule has 0 aliphatic rings. The van der Waals surface area contributed by atoms with E-state index < -0.39 is 0 Å². The van der Waals surface area contributed by atoms with Crippen LogP contribution in [0.25, 0.3) is 0 Å². The molecule has 0 aliphatic carbocycles. The molecule has 0 aromatic heterocycles. The van der Waals surface area contributed by atoms with Gasteiger partial charge in [0.1, 0.15) is 0 Å². The Morgan fingerprint density at radius 3 is 2.00 bits per heavy atom. The Bertz CT molecular complexity index is 81.3. The minimum absolute atomic E-state index is 0.251. The molecule has 0 rings (SSSR count). The van der Waals surface area contributed by atoms with Crippen molar-refractivity contribution < 1.29 is 10.2 Å². The first-order valence-corrected chi connectivity index (χ1v) is 3.94. The van der Waals surface area contributed by atoms with E-state index in [9.17, 15) is 5.11 Å². The highest BCUT2D eigenvalue weighted by Crippen LogP contribution is 2.09. The molecular weight excluding hydrogens is 128 g/mol. The third kappa shape index (κ3) is 3.85. The van der Waals surface area contributed by atoms with Crippen LogP contribution in [0, 0.1) is 5.92 Å². The molecule has 0 saturated heterocycles. The van der Waals surface area contributed by atoms with Crippen molar-refractivity contribution in [3.05, 3.63) is 0 Å². The van der Waals surface area contributed by atoms with Crippen LogP contribution in [0.2, 0.25) is 0 Å².